The highest BCUT2D eigenvalue weighted by atomic mass is 19.4. The van der Waals surface area contributed by atoms with Crippen LogP contribution in [0.15, 0.2) is 18.2 Å². The Morgan fingerprint density at radius 3 is 2.33 bits per heavy atom. The van der Waals surface area contributed by atoms with Crippen molar-refractivity contribution in [3.8, 4) is 0 Å². The van der Waals surface area contributed by atoms with E-state index >= 15 is 0 Å². The Balaban J connectivity index is 2.63. The first-order valence-electron chi connectivity index (χ1n) is 6.14. The zero-order valence-electron chi connectivity index (χ0n) is 11.1. The predicted octanol–water partition coefficient (Wildman–Crippen LogP) is 4.30. The second-order valence-electron chi connectivity index (χ2n) is 4.69. The van der Waals surface area contributed by atoms with Crippen molar-refractivity contribution >= 4 is 0 Å². The highest BCUT2D eigenvalue weighted by molar-refractivity contribution is 5.31. The fraction of sp³-hybridized carbons (Fsp3) is 0.571. The van der Waals surface area contributed by atoms with Gasteiger partial charge in [-0.3, -0.25) is 0 Å². The van der Waals surface area contributed by atoms with Crippen LogP contribution in [-0.2, 0) is 0 Å². The topological polar surface area (TPSA) is 12.0 Å². The summed E-state index contributed by atoms with van der Waals surface area (Å²) >= 11 is 0. The van der Waals surface area contributed by atoms with E-state index in [4.69, 9.17) is 0 Å². The average Bonchev–Trinajstić information content (AvgIpc) is 2.27. The van der Waals surface area contributed by atoms with Gasteiger partial charge in [0.2, 0.25) is 0 Å². The smallest absolute Gasteiger partial charge is 0.313 e. The minimum absolute atomic E-state index is 0.00773. The van der Waals surface area contributed by atoms with Crippen molar-refractivity contribution in [2.24, 2.45) is 0 Å². The largest absolute Gasteiger partial charge is 0.389 e. The Morgan fingerprint density at radius 1 is 1.17 bits per heavy atom. The molecule has 0 radical (unpaired) electrons. The molecule has 1 unspecified atom stereocenters. The number of aryl methyl sites for hydroxylation is 2. The van der Waals surface area contributed by atoms with Gasteiger partial charge >= 0.3 is 6.18 Å². The molecule has 18 heavy (non-hydrogen) atoms. The molecule has 1 N–H and O–H groups in total. The molecule has 0 saturated heterocycles. The van der Waals surface area contributed by atoms with E-state index in [1.165, 1.54) is 11.1 Å². The molecule has 0 bridgehead atoms. The Kier molecular flexibility index (Phi) is 5.20. The average molecular weight is 259 g/mol. The minimum atomic E-state index is -4.05. The summed E-state index contributed by atoms with van der Waals surface area (Å²) in [6, 6.07) is 6.03. The van der Waals surface area contributed by atoms with Crippen LogP contribution >= 0.6 is 0 Å². The van der Waals surface area contributed by atoms with Gasteiger partial charge in [-0.15, -0.1) is 0 Å². The number of rotatable bonds is 5. The maximum atomic E-state index is 12.1. The fourth-order valence-corrected chi connectivity index (χ4v) is 1.97. The highest BCUT2D eigenvalue weighted by Gasteiger charge is 2.26. The van der Waals surface area contributed by atoms with Crippen molar-refractivity contribution in [1.29, 1.82) is 0 Å². The van der Waals surface area contributed by atoms with Crippen molar-refractivity contribution in [2.75, 3.05) is 7.05 Å². The molecular weight excluding hydrogens is 239 g/mol. The van der Waals surface area contributed by atoms with Gasteiger partial charge in [-0.1, -0.05) is 18.2 Å². The van der Waals surface area contributed by atoms with Crippen LogP contribution in [0.3, 0.4) is 0 Å². The van der Waals surface area contributed by atoms with Gasteiger partial charge in [0.15, 0.2) is 0 Å². The SMILES string of the molecule is CNC(CCCC(F)(F)F)c1ccc(C)c(C)c1. The van der Waals surface area contributed by atoms with Crippen molar-refractivity contribution in [3.63, 3.8) is 0 Å². The number of halogens is 3. The third kappa shape index (κ3) is 4.69. The first kappa shape index (κ1) is 15.0. The molecule has 0 heterocycles. The molecular formula is C14H20F3N. The zero-order chi connectivity index (χ0) is 13.8. The molecule has 0 aliphatic rings. The minimum Gasteiger partial charge on any atom is -0.313 e. The monoisotopic (exact) mass is 259 g/mol. The van der Waals surface area contributed by atoms with Gasteiger partial charge in [0.1, 0.15) is 0 Å². The molecule has 0 aromatic heterocycles. The normalized spacial score (nSPS) is 13.7. The van der Waals surface area contributed by atoms with Crippen molar-refractivity contribution in [3.05, 3.63) is 34.9 Å². The Labute approximate surface area is 106 Å². The van der Waals surface area contributed by atoms with Gasteiger partial charge in [0.25, 0.3) is 0 Å². The first-order chi connectivity index (χ1) is 8.33. The summed E-state index contributed by atoms with van der Waals surface area (Å²) in [5, 5.41) is 3.08. The van der Waals surface area contributed by atoms with Crippen molar-refractivity contribution < 1.29 is 13.2 Å². The van der Waals surface area contributed by atoms with Crippen LogP contribution in [0.1, 0.15) is 42.0 Å². The van der Waals surface area contributed by atoms with Crippen LogP contribution in [0, 0.1) is 13.8 Å². The predicted molar refractivity (Wildman–Crippen MR) is 67.6 cm³/mol. The van der Waals surface area contributed by atoms with Gasteiger partial charge in [-0.05, 0) is 50.4 Å². The third-order valence-corrected chi connectivity index (χ3v) is 3.23. The van der Waals surface area contributed by atoms with Crippen LogP contribution in [0.5, 0.6) is 0 Å². The standard InChI is InChI=1S/C14H20F3N/c1-10-6-7-12(9-11(10)2)13(18-3)5-4-8-14(15,16)17/h6-7,9,13,18H,4-5,8H2,1-3H3. The van der Waals surface area contributed by atoms with Crippen LogP contribution < -0.4 is 5.32 Å². The van der Waals surface area contributed by atoms with Crippen molar-refractivity contribution in [1.82, 2.24) is 5.32 Å². The number of nitrogens with one attached hydrogen (secondary N) is 1. The van der Waals surface area contributed by atoms with Crippen LogP contribution in [0.2, 0.25) is 0 Å². The molecule has 1 nitrogen and oxygen atoms in total. The van der Waals surface area contributed by atoms with Gasteiger partial charge in [-0.25, -0.2) is 0 Å². The molecule has 0 fully saturated rings. The highest BCUT2D eigenvalue weighted by Crippen LogP contribution is 2.26. The van der Waals surface area contributed by atoms with Crippen LogP contribution in [0.25, 0.3) is 0 Å². The van der Waals surface area contributed by atoms with Crippen molar-refractivity contribution in [2.45, 2.75) is 45.3 Å². The Hall–Kier alpha value is -1.03. The lowest BCUT2D eigenvalue weighted by Gasteiger charge is -2.18. The van der Waals surface area contributed by atoms with E-state index in [1.807, 2.05) is 32.0 Å². The Bertz CT molecular complexity index is 385. The second-order valence-corrected chi connectivity index (χ2v) is 4.69. The fourth-order valence-electron chi connectivity index (χ4n) is 1.97. The van der Waals surface area contributed by atoms with Gasteiger partial charge < -0.3 is 5.32 Å². The van der Waals surface area contributed by atoms with Crippen LogP contribution in [0.4, 0.5) is 13.2 Å². The summed E-state index contributed by atoms with van der Waals surface area (Å²) in [5.41, 5.74) is 3.43. The summed E-state index contributed by atoms with van der Waals surface area (Å²) in [7, 11) is 1.79. The van der Waals surface area contributed by atoms with Gasteiger partial charge in [0, 0.05) is 12.5 Å². The van der Waals surface area contributed by atoms with E-state index in [0.717, 1.165) is 5.56 Å². The summed E-state index contributed by atoms with van der Waals surface area (Å²) in [4.78, 5) is 0. The summed E-state index contributed by atoms with van der Waals surface area (Å²) in [5.74, 6) is 0. The molecule has 0 spiro atoms. The molecule has 1 atom stereocenters. The number of alkyl halides is 3. The molecule has 1 aromatic rings. The van der Waals surface area contributed by atoms with E-state index in [1.54, 1.807) is 7.05 Å². The first-order valence-corrected chi connectivity index (χ1v) is 6.14. The molecule has 0 aliphatic heterocycles. The molecule has 0 amide bonds. The van der Waals surface area contributed by atoms with E-state index < -0.39 is 12.6 Å². The van der Waals surface area contributed by atoms with Crippen LogP contribution in [-0.4, -0.2) is 13.2 Å². The third-order valence-electron chi connectivity index (χ3n) is 3.23. The number of hydrogen-bond acceptors (Lipinski definition) is 1. The van der Waals surface area contributed by atoms with Gasteiger partial charge in [0.05, 0.1) is 0 Å². The lowest BCUT2D eigenvalue weighted by atomic mass is 9.97. The molecule has 102 valence electrons. The molecule has 0 aliphatic carbocycles. The lowest BCUT2D eigenvalue weighted by molar-refractivity contribution is -0.135. The molecule has 1 aromatic carbocycles. The summed E-state index contributed by atoms with van der Waals surface area (Å²) < 4.78 is 36.3. The van der Waals surface area contributed by atoms with E-state index in [2.05, 4.69) is 5.32 Å². The molecule has 0 saturated carbocycles. The summed E-state index contributed by atoms with van der Waals surface area (Å²) in [6.45, 7) is 4.04. The molecule has 4 heteroatoms. The quantitative estimate of drug-likeness (QED) is 0.831. The van der Waals surface area contributed by atoms with Gasteiger partial charge in [-0.2, -0.15) is 13.2 Å². The maximum absolute atomic E-state index is 12.1. The number of hydrogen-bond donors (Lipinski definition) is 1. The zero-order valence-corrected chi connectivity index (χ0v) is 11.1. The van der Waals surface area contributed by atoms with E-state index in [9.17, 15) is 13.2 Å². The van der Waals surface area contributed by atoms with E-state index in [-0.39, 0.29) is 12.5 Å². The Morgan fingerprint density at radius 2 is 1.83 bits per heavy atom. The maximum Gasteiger partial charge on any atom is 0.389 e. The summed E-state index contributed by atoms with van der Waals surface area (Å²) in [6.07, 6.45) is -4.11. The van der Waals surface area contributed by atoms with E-state index in [0.29, 0.717) is 6.42 Å². The second kappa shape index (κ2) is 6.23. The lowest BCUT2D eigenvalue weighted by Crippen LogP contribution is -2.17. The molecule has 1 rings (SSSR count). The number of benzene rings is 1.